The van der Waals surface area contributed by atoms with Crippen molar-refractivity contribution in [3.63, 3.8) is 0 Å². The number of methoxy groups -OCH3 is 1. The summed E-state index contributed by atoms with van der Waals surface area (Å²) in [5, 5.41) is 0. The number of esters is 1. The van der Waals surface area contributed by atoms with E-state index in [2.05, 4.69) is 0 Å². The van der Waals surface area contributed by atoms with Crippen LogP contribution < -0.4 is 0 Å². The lowest BCUT2D eigenvalue weighted by atomic mass is 9.75. The van der Waals surface area contributed by atoms with Crippen LogP contribution in [0.4, 0.5) is 4.79 Å². The zero-order valence-electron chi connectivity index (χ0n) is 17.4. The summed E-state index contributed by atoms with van der Waals surface area (Å²) in [5.74, 6) is -1.89. The zero-order valence-corrected chi connectivity index (χ0v) is 17.4. The van der Waals surface area contributed by atoms with Crippen molar-refractivity contribution in [2.45, 2.75) is 52.9 Å². The van der Waals surface area contributed by atoms with E-state index in [4.69, 9.17) is 14.2 Å². The third-order valence-corrected chi connectivity index (χ3v) is 5.09. The molecule has 1 aliphatic rings. The summed E-state index contributed by atoms with van der Waals surface area (Å²) in [6.45, 7) is 8.53. The van der Waals surface area contributed by atoms with Gasteiger partial charge in [0.25, 0.3) is 0 Å². The van der Waals surface area contributed by atoms with Gasteiger partial charge in [-0.25, -0.2) is 9.69 Å². The van der Waals surface area contributed by atoms with Crippen molar-refractivity contribution in [3.05, 3.63) is 35.9 Å². The second-order valence-electron chi connectivity index (χ2n) is 8.22. The molecule has 0 spiro atoms. The molecule has 1 saturated heterocycles. The molecule has 1 fully saturated rings. The van der Waals surface area contributed by atoms with Crippen molar-refractivity contribution < 1.29 is 28.6 Å². The van der Waals surface area contributed by atoms with Gasteiger partial charge in [-0.1, -0.05) is 30.3 Å². The van der Waals surface area contributed by atoms with Gasteiger partial charge in [-0.15, -0.1) is 0 Å². The highest BCUT2D eigenvalue weighted by Crippen LogP contribution is 2.44. The molecule has 3 atom stereocenters. The van der Waals surface area contributed by atoms with Crippen molar-refractivity contribution in [1.82, 2.24) is 4.90 Å². The lowest BCUT2D eigenvalue weighted by molar-refractivity contribution is -0.161. The normalized spacial score (nSPS) is 24.9. The zero-order chi connectivity index (χ0) is 21.1. The van der Waals surface area contributed by atoms with Crippen LogP contribution in [0.15, 0.2) is 30.3 Å². The molecule has 0 radical (unpaired) electrons. The molecule has 7 heteroatoms. The van der Waals surface area contributed by atoms with Crippen LogP contribution in [-0.4, -0.2) is 48.2 Å². The highest BCUT2D eigenvalue weighted by molar-refractivity contribution is 6.01. The number of amides is 2. The van der Waals surface area contributed by atoms with Crippen molar-refractivity contribution >= 4 is 18.0 Å². The van der Waals surface area contributed by atoms with Gasteiger partial charge < -0.3 is 14.2 Å². The van der Waals surface area contributed by atoms with Gasteiger partial charge in [0.1, 0.15) is 12.2 Å². The van der Waals surface area contributed by atoms with Gasteiger partial charge in [0.2, 0.25) is 5.91 Å². The van der Waals surface area contributed by atoms with Crippen molar-refractivity contribution in [3.8, 4) is 0 Å². The fraction of sp³-hybridized carbons (Fsp3) is 0.571. The van der Waals surface area contributed by atoms with E-state index >= 15 is 0 Å². The Morgan fingerprint density at radius 3 is 2.32 bits per heavy atom. The predicted molar refractivity (Wildman–Crippen MR) is 102 cm³/mol. The number of likely N-dealkylation sites (tertiary alicyclic amines) is 1. The van der Waals surface area contributed by atoms with Gasteiger partial charge in [0.15, 0.2) is 0 Å². The number of nitrogens with zero attached hydrogens (tertiary/aromatic N) is 1. The molecule has 0 bridgehead atoms. The fourth-order valence-corrected chi connectivity index (χ4v) is 3.34. The minimum absolute atomic E-state index is 0.000587. The molecule has 1 aromatic carbocycles. The largest absolute Gasteiger partial charge is 0.460 e. The Morgan fingerprint density at radius 1 is 1.18 bits per heavy atom. The first kappa shape index (κ1) is 21.9. The molecule has 2 rings (SSSR count). The van der Waals surface area contributed by atoms with Crippen LogP contribution in [0.3, 0.4) is 0 Å². The highest BCUT2D eigenvalue weighted by atomic mass is 16.6. The standard InChI is InChI=1S/C21H29NO6/c1-14-21(5,18(24)27-12-15-10-8-7-9-11-15)16(13-26-6)17(23)22(14)19(25)28-20(2,3)4/h7-11,14,16H,12-13H2,1-6H3/t14-,16?,21-/m0/s1. The Balaban J connectivity index is 2.26. The number of hydrogen-bond donors (Lipinski definition) is 0. The molecular formula is C21H29NO6. The maximum atomic E-state index is 13.0. The Kier molecular flexibility index (Phi) is 6.49. The van der Waals surface area contributed by atoms with Gasteiger partial charge in [-0.05, 0) is 40.2 Å². The summed E-state index contributed by atoms with van der Waals surface area (Å²) >= 11 is 0. The van der Waals surface area contributed by atoms with E-state index in [9.17, 15) is 14.4 Å². The summed E-state index contributed by atoms with van der Waals surface area (Å²) in [7, 11) is 1.45. The third kappa shape index (κ3) is 4.35. The topological polar surface area (TPSA) is 82.1 Å². The molecule has 7 nitrogen and oxygen atoms in total. The number of benzene rings is 1. The molecule has 1 aromatic rings. The number of rotatable bonds is 5. The summed E-state index contributed by atoms with van der Waals surface area (Å²) in [6, 6.07) is 8.53. The molecule has 0 aromatic heterocycles. The van der Waals surface area contributed by atoms with Crippen LogP contribution in [-0.2, 0) is 30.4 Å². The third-order valence-electron chi connectivity index (χ3n) is 5.09. The van der Waals surface area contributed by atoms with Crippen molar-refractivity contribution in [2.24, 2.45) is 11.3 Å². The van der Waals surface area contributed by atoms with Crippen LogP contribution in [0.5, 0.6) is 0 Å². The van der Waals surface area contributed by atoms with E-state index in [1.165, 1.54) is 7.11 Å². The average Bonchev–Trinajstić information content (AvgIpc) is 2.81. The van der Waals surface area contributed by atoms with E-state index in [1.807, 2.05) is 30.3 Å². The second-order valence-corrected chi connectivity index (χ2v) is 8.22. The Hall–Kier alpha value is -2.41. The summed E-state index contributed by atoms with van der Waals surface area (Å²) < 4.78 is 16.1. The van der Waals surface area contributed by atoms with Crippen LogP contribution >= 0.6 is 0 Å². The molecule has 0 saturated carbocycles. The van der Waals surface area contributed by atoms with Crippen LogP contribution in [0.25, 0.3) is 0 Å². The van der Waals surface area contributed by atoms with E-state index in [0.29, 0.717) is 0 Å². The van der Waals surface area contributed by atoms with Gasteiger partial charge in [0.05, 0.1) is 24.0 Å². The van der Waals surface area contributed by atoms with Crippen molar-refractivity contribution in [2.75, 3.05) is 13.7 Å². The first-order valence-electron chi connectivity index (χ1n) is 9.28. The maximum Gasteiger partial charge on any atom is 0.417 e. The minimum Gasteiger partial charge on any atom is -0.460 e. The Bertz CT molecular complexity index is 726. The first-order chi connectivity index (χ1) is 13.0. The number of hydrogen-bond acceptors (Lipinski definition) is 6. The number of carbonyl (C=O) groups excluding carboxylic acids is 3. The number of carbonyl (C=O) groups is 3. The predicted octanol–water partition coefficient (Wildman–Crippen LogP) is 3.16. The van der Waals surface area contributed by atoms with Crippen LogP contribution in [0, 0.1) is 11.3 Å². The molecular weight excluding hydrogens is 362 g/mol. The van der Waals surface area contributed by atoms with Crippen molar-refractivity contribution in [1.29, 1.82) is 0 Å². The highest BCUT2D eigenvalue weighted by Gasteiger charge is 2.62. The molecule has 28 heavy (non-hydrogen) atoms. The SMILES string of the molecule is COCC1C(=O)N(C(=O)OC(C)(C)C)[C@@H](C)[C@]1(C)C(=O)OCc1ccccc1. The van der Waals surface area contributed by atoms with E-state index in [0.717, 1.165) is 10.5 Å². The molecule has 1 unspecified atom stereocenters. The van der Waals surface area contributed by atoms with E-state index in [1.54, 1.807) is 34.6 Å². The summed E-state index contributed by atoms with van der Waals surface area (Å²) in [5.41, 5.74) is -1.18. The quantitative estimate of drug-likeness (QED) is 0.717. The molecule has 1 aliphatic heterocycles. The Morgan fingerprint density at radius 2 is 1.79 bits per heavy atom. The molecule has 1 heterocycles. The van der Waals surface area contributed by atoms with Gasteiger partial charge in [-0.2, -0.15) is 0 Å². The maximum absolute atomic E-state index is 13.0. The average molecular weight is 391 g/mol. The van der Waals surface area contributed by atoms with E-state index < -0.39 is 40.9 Å². The lowest BCUT2D eigenvalue weighted by Crippen LogP contribution is -2.47. The second kappa shape index (κ2) is 8.31. The monoisotopic (exact) mass is 391 g/mol. The minimum atomic E-state index is -1.25. The molecule has 154 valence electrons. The lowest BCUT2D eigenvalue weighted by Gasteiger charge is -2.32. The summed E-state index contributed by atoms with van der Waals surface area (Å²) in [6.07, 6.45) is -0.773. The van der Waals surface area contributed by atoms with Crippen LogP contribution in [0.2, 0.25) is 0 Å². The fourth-order valence-electron chi connectivity index (χ4n) is 3.34. The number of imide groups is 1. The molecule has 0 aliphatic carbocycles. The summed E-state index contributed by atoms with van der Waals surface area (Å²) in [4.78, 5) is 39.6. The van der Waals surface area contributed by atoms with Gasteiger partial charge in [-0.3, -0.25) is 9.59 Å². The Labute approximate surface area is 165 Å². The smallest absolute Gasteiger partial charge is 0.417 e. The molecule has 2 amide bonds. The molecule has 0 N–H and O–H groups in total. The first-order valence-corrected chi connectivity index (χ1v) is 9.28. The van der Waals surface area contributed by atoms with Gasteiger partial charge in [0, 0.05) is 7.11 Å². The number of ether oxygens (including phenoxy) is 3. The van der Waals surface area contributed by atoms with Gasteiger partial charge >= 0.3 is 12.1 Å². The van der Waals surface area contributed by atoms with E-state index in [-0.39, 0.29) is 13.2 Å². The van der Waals surface area contributed by atoms with Crippen LogP contribution in [0.1, 0.15) is 40.2 Å².